The van der Waals surface area contributed by atoms with E-state index in [4.69, 9.17) is 16.3 Å². The van der Waals surface area contributed by atoms with E-state index in [0.717, 1.165) is 11.3 Å². The van der Waals surface area contributed by atoms with Crippen LogP contribution in [0.1, 0.15) is 12.5 Å². The molecule has 0 atom stereocenters. The van der Waals surface area contributed by atoms with Gasteiger partial charge in [0, 0.05) is 17.3 Å². The molecule has 2 aromatic carbocycles. The molecular weight excluding hydrogens is 340 g/mol. The minimum Gasteiger partial charge on any atom is -0.423 e. The average Bonchev–Trinajstić information content (AvgIpc) is 2.56. The number of rotatable bonds is 4. The van der Waals surface area contributed by atoms with Gasteiger partial charge in [-0.05, 0) is 49.7 Å². The predicted molar refractivity (Wildman–Crippen MR) is 98.5 cm³/mol. The van der Waals surface area contributed by atoms with E-state index in [1.54, 1.807) is 28.0 Å². The van der Waals surface area contributed by atoms with Gasteiger partial charge in [0.05, 0.1) is 12.2 Å². The summed E-state index contributed by atoms with van der Waals surface area (Å²) in [6, 6.07) is 12.8. The van der Waals surface area contributed by atoms with Gasteiger partial charge < -0.3 is 14.5 Å². The summed E-state index contributed by atoms with van der Waals surface area (Å²) in [6.45, 7) is 4.55. The highest BCUT2D eigenvalue weighted by molar-refractivity contribution is 6.31. The molecule has 0 aromatic heterocycles. The van der Waals surface area contributed by atoms with Gasteiger partial charge in [-0.1, -0.05) is 23.7 Å². The Bertz CT molecular complexity index is 822. The van der Waals surface area contributed by atoms with Crippen molar-refractivity contribution in [2.45, 2.75) is 13.8 Å². The molecule has 0 unspecified atom stereocenters. The zero-order valence-corrected chi connectivity index (χ0v) is 14.9. The van der Waals surface area contributed by atoms with Crippen LogP contribution in [-0.4, -0.2) is 31.5 Å². The van der Waals surface area contributed by atoms with Crippen LogP contribution < -0.4 is 14.5 Å². The topological polar surface area (TPSA) is 49.9 Å². The lowest BCUT2D eigenvalue weighted by Crippen LogP contribution is -2.45. The van der Waals surface area contributed by atoms with Gasteiger partial charge in [0.2, 0.25) is 5.91 Å². The van der Waals surface area contributed by atoms with E-state index >= 15 is 0 Å². The lowest BCUT2D eigenvalue weighted by Gasteiger charge is -2.31. The van der Waals surface area contributed by atoms with Crippen molar-refractivity contribution in [3.8, 4) is 5.75 Å². The Labute approximate surface area is 151 Å². The van der Waals surface area contributed by atoms with Gasteiger partial charge in [-0.2, -0.15) is 0 Å². The average molecular weight is 359 g/mol. The second-order valence-corrected chi connectivity index (χ2v) is 6.36. The Hall–Kier alpha value is -2.53. The highest BCUT2D eigenvalue weighted by Crippen LogP contribution is 2.34. The number of likely N-dealkylation sites (N-methyl/N-ethyl adjacent to an activating group) is 1. The van der Waals surface area contributed by atoms with Crippen LogP contribution in [-0.2, 0) is 9.59 Å². The molecule has 0 N–H and O–H groups in total. The first-order chi connectivity index (χ1) is 12.0. The first-order valence-corrected chi connectivity index (χ1v) is 8.48. The van der Waals surface area contributed by atoms with Crippen molar-refractivity contribution in [2.24, 2.45) is 0 Å². The maximum Gasteiger partial charge on any atom is 0.331 e. The summed E-state index contributed by atoms with van der Waals surface area (Å²) in [5.41, 5.74) is 2.58. The van der Waals surface area contributed by atoms with E-state index in [1.807, 2.05) is 38.1 Å². The van der Waals surface area contributed by atoms with Crippen LogP contribution in [0.2, 0.25) is 5.02 Å². The molecule has 2 aromatic rings. The van der Waals surface area contributed by atoms with Crippen molar-refractivity contribution >= 4 is 34.9 Å². The van der Waals surface area contributed by atoms with Crippen LogP contribution in [0.5, 0.6) is 5.75 Å². The number of carbonyl (C=O) groups excluding carboxylic acids is 2. The van der Waals surface area contributed by atoms with Gasteiger partial charge in [0.1, 0.15) is 6.54 Å². The maximum absolute atomic E-state index is 12.9. The molecule has 0 fully saturated rings. The Kier molecular flexibility index (Phi) is 4.95. The van der Waals surface area contributed by atoms with Crippen molar-refractivity contribution in [3.05, 3.63) is 53.1 Å². The summed E-state index contributed by atoms with van der Waals surface area (Å²) in [7, 11) is 0. The normalized spacial score (nSPS) is 13.2. The fourth-order valence-electron chi connectivity index (χ4n) is 2.91. The molecular formula is C19H19ClN2O3. The summed E-state index contributed by atoms with van der Waals surface area (Å²) < 4.78 is 5.22. The van der Waals surface area contributed by atoms with Crippen molar-refractivity contribution in [1.82, 2.24) is 0 Å². The lowest BCUT2D eigenvalue weighted by atomic mass is 10.2. The predicted octanol–water partition coefficient (Wildman–Crippen LogP) is 3.43. The van der Waals surface area contributed by atoms with Crippen molar-refractivity contribution in [3.63, 3.8) is 0 Å². The number of hydrogen-bond acceptors (Lipinski definition) is 4. The number of fused-ring (bicyclic) bond motifs is 1. The van der Waals surface area contributed by atoms with E-state index in [1.165, 1.54) is 0 Å². The Morgan fingerprint density at radius 2 is 2.08 bits per heavy atom. The van der Waals surface area contributed by atoms with Crippen LogP contribution in [0.3, 0.4) is 0 Å². The molecule has 3 rings (SSSR count). The Morgan fingerprint density at radius 1 is 1.28 bits per heavy atom. The maximum atomic E-state index is 12.9. The number of amides is 1. The number of esters is 1. The number of aryl methyl sites for hydroxylation is 1. The molecule has 5 nitrogen and oxygen atoms in total. The molecule has 0 saturated carbocycles. The van der Waals surface area contributed by atoms with Gasteiger partial charge in [0.15, 0.2) is 5.75 Å². The van der Waals surface area contributed by atoms with Gasteiger partial charge in [0.25, 0.3) is 0 Å². The molecule has 0 bridgehead atoms. The van der Waals surface area contributed by atoms with E-state index in [0.29, 0.717) is 23.0 Å². The van der Waals surface area contributed by atoms with Gasteiger partial charge in [-0.15, -0.1) is 0 Å². The van der Waals surface area contributed by atoms with Crippen LogP contribution >= 0.6 is 11.6 Å². The third kappa shape index (κ3) is 3.77. The highest BCUT2D eigenvalue weighted by Gasteiger charge is 2.27. The summed E-state index contributed by atoms with van der Waals surface area (Å²) in [5, 5.41) is 0.528. The number of carbonyl (C=O) groups is 2. The lowest BCUT2D eigenvalue weighted by molar-refractivity contribution is -0.133. The molecule has 1 amide bonds. The number of ether oxygens (including phenoxy) is 1. The first-order valence-electron chi connectivity index (χ1n) is 8.10. The van der Waals surface area contributed by atoms with Crippen molar-refractivity contribution in [1.29, 1.82) is 0 Å². The van der Waals surface area contributed by atoms with Crippen molar-refractivity contribution in [2.75, 3.05) is 29.4 Å². The molecule has 1 aliphatic rings. The fourth-order valence-corrected chi connectivity index (χ4v) is 3.07. The van der Waals surface area contributed by atoms with Gasteiger partial charge in [-0.3, -0.25) is 4.79 Å². The Morgan fingerprint density at radius 3 is 2.80 bits per heavy atom. The van der Waals surface area contributed by atoms with E-state index < -0.39 is 0 Å². The summed E-state index contributed by atoms with van der Waals surface area (Å²) >= 11 is 6.06. The largest absolute Gasteiger partial charge is 0.423 e. The summed E-state index contributed by atoms with van der Waals surface area (Å²) in [6.07, 6.45) is 0. The minimum absolute atomic E-state index is 0.0183. The molecule has 0 spiro atoms. The summed E-state index contributed by atoms with van der Waals surface area (Å²) in [5.74, 6) is -0.0537. The van der Waals surface area contributed by atoms with Crippen LogP contribution in [0.25, 0.3) is 0 Å². The molecule has 1 aliphatic heterocycles. The second-order valence-electron chi connectivity index (χ2n) is 5.92. The van der Waals surface area contributed by atoms with Gasteiger partial charge in [-0.25, -0.2) is 4.79 Å². The second kappa shape index (κ2) is 7.15. The number of halogens is 1. The zero-order chi connectivity index (χ0) is 18.0. The van der Waals surface area contributed by atoms with Crippen molar-refractivity contribution < 1.29 is 14.3 Å². The van der Waals surface area contributed by atoms with E-state index in [2.05, 4.69) is 0 Å². The van der Waals surface area contributed by atoms with Gasteiger partial charge >= 0.3 is 5.97 Å². The third-order valence-corrected chi connectivity index (χ3v) is 4.30. The minimum atomic E-state index is -0.388. The third-order valence-electron chi connectivity index (χ3n) is 4.06. The quantitative estimate of drug-likeness (QED) is 0.620. The molecule has 25 heavy (non-hydrogen) atoms. The smallest absolute Gasteiger partial charge is 0.331 e. The van der Waals surface area contributed by atoms with E-state index in [9.17, 15) is 9.59 Å². The summed E-state index contributed by atoms with van der Waals surface area (Å²) in [4.78, 5) is 28.1. The monoisotopic (exact) mass is 358 g/mol. The Balaban J connectivity index is 1.85. The fraction of sp³-hybridized carbons (Fsp3) is 0.263. The number of hydrogen-bond donors (Lipinski definition) is 0. The SMILES string of the molecule is CCN(C(=O)CN1CC(=O)Oc2ccc(Cl)cc21)c1cccc(C)c1. The molecule has 6 heteroatoms. The molecule has 0 radical (unpaired) electrons. The molecule has 130 valence electrons. The number of benzene rings is 2. The van der Waals surface area contributed by atoms with Crippen LogP contribution in [0, 0.1) is 6.92 Å². The number of anilines is 2. The van der Waals surface area contributed by atoms with Crippen LogP contribution in [0.15, 0.2) is 42.5 Å². The zero-order valence-electron chi connectivity index (χ0n) is 14.2. The van der Waals surface area contributed by atoms with E-state index in [-0.39, 0.29) is 25.0 Å². The molecule has 1 heterocycles. The molecule has 0 saturated heterocycles. The molecule has 0 aliphatic carbocycles. The van der Waals surface area contributed by atoms with Crippen LogP contribution in [0.4, 0.5) is 11.4 Å². The first kappa shape index (κ1) is 17.3. The number of nitrogens with zero attached hydrogens (tertiary/aromatic N) is 2. The standard InChI is InChI=1S/C19H19ClN2O3/c1-3-22(15-6-4-5-13(2)9-15)18(23)11-21-12-19(24)25-17-8-7-14(20)10-16(17)21/h4-10H,3,11-12H2,1-2H3. The highest BCUT2D eigenvalue weighted by atomic mass is 35.5.